The van der Waals surface area contributed by atoms with Crippen LogP contribution in [-0.4, -0.2) is 38.1 Å². The molecule has 0 fully saturated rings. The number of benzene rings is 2. The van der Waals surface area contributed by atoms with E-state index in [1.807, 2.05) is 23.8 Å². The second-order valence-corrected chi connectivity index (χ2v) is 9.29. The van der Waals surface area contributed by atoms with Gasteiger partial charge in [-0.2, -0.15) is 0 Å². The Morgan fingerprint density at radius 2 is 1.77 bits per heavy atom. The lowest BCUT2D eigenvalue weighted by Crippen LogP contribution is -2.38. The summed E-state index contributed by atoms with van der Waals surface area (Å²) in [5.74, 6) is -0.801. The number of carbonyl (C=O) groups excluding carboxylic acids is 1. The first-order valence-electron chi connectivity index (χ1n) is 12.3. The summed E-state index contributed by atoms with van der Waals surface area (Å²) in [5.41, 5.74) is 3.24. The molecular formula is C29H26F2N6O2. The number of aryl methyl sites for hydroxylation is 1. The number of anilines is 1. The van der Waals surface area contributed by atoms with Crippen LogP contribution in [0.2, 0.25) is 0 Å². The third-order valence-corrected chi connectivity index (χ3v) is 6.60. The molecule has 0 saturated heterocycles. The summed E-state index contributed by atoms with van der Waals surface area (Å²) < 4.78 is 30.8. The molecule has 2 aromatic carbocycles. The van der Waals surface area contributed by atoms with Gasteiger partial charge in [0.05, 0.1) is 36.2 Å². The number of amides is 1. The summed E-state index contributed by atoms with van der Waals surface area (Å²) in [5, 5.41) is 6.25. The molecule has 0 unspecified atom stereocenters. The summed E-state index contributed by atoms with van der Waals surface area (Å²) in [6.07, 6.45) is 6.53. The smallest absolute Gasteiger partial charge is 0.277 e. The normalized spacial score (nSPS) is 12.0. The number of nitrogens with zero attached hydrogens (tertiary/aromatic N) is 4. The molecule has 0 aliphatic rings. The Morgan fingerprint density at radius 3 is 2.51 bits per heavy atom. The zero-order chi connectivity index (χ0) is 27.7. The average Bonchev–Trinajstić information content (AvgIpc) is 3.26. The van der Waals surface area contributed by atoms with Crippen molar-refractivity contribution in [1.82, 2.24) is 24.4 Å². The maximum absolute atomic E-state index is 13.8. The predicted octanol–water partition coefficient (Wildman–Crippen LogP) is 4.43. The zero-order valence-corrected chi connectivity index (χ0v) is 21.6. The van der Waals surface area contributed by atoms with Crippen LogP contribution in [0.15, 0.2) is 78.1 Å². The van der Waals surface area contributed by atoms with E-state index in [1.165, 1.54) is 47.2 Å². The minimum Gasteiger partial charge on any atom is -0.319 e. The average molecular weight is 529 g/mol. The van der Waals surface area contributed by atoms with E-state index in [9.17, 15) is 18.4 Å². The Balaban J connectivity index is 1.58. The molecule has 3 heterocycles. The molecule has 2 N–H and O–H groups in total. The van der Waals surface area contributed by atoms with Crippen LogP contribution in [0.1, 0.15) is 18.1 Å². The van der Waals surface area contributed by atoms with Gasteiger partial charge in [0, 0.05) is 23.3 Å². The Kier molecular flexibility index (Phi) is 7.03. The Labute approximate surface area is 223 Å². The van der Waals surface area contributed by atoms with Crippen LogP contribution in [0.25, 0.3) is 28.0 Å². The van der Waals surface area contributed by atoms with Crippen LogP contribution in [-0.2, 0) is 11.3 Å². The van der Waals surface area contributed by atoms with Gasteiger partial charge >= 0.3 is 0 Å². The van der Waals surface area contributed by atoms with E-state index in [0.29, 0.717) is 17.0 Å². The van der Waals surface area contributed by atoms with Gasteiger partial charge in [-0.3, -0.25) is 19.1 Å². The molecule has 5 aromatic rings. The molecule has 0 aliphatic carbocycles. The van der Waals surface area contributed by atoms with E-state index < -0.39 is 17.4 Å². The highest BCUT2D eigenvalue weighted by atomic mass is 19.1. The number of fused-ring (bicyclic) bond motifs is 1. The van der Waals surface area contributed by atoms with E-state index in [0.717, 1.165) is 22.2 Å². The minimum atomic E-state index is -0.524. The Bertz CT molecular complexity index is 1740. The van der Waals surface area contributed by atoms with E-state index >= 15 is 0 Å². The highest BCUT2D eigenvalue weighted by molar-refractivity contribution is 5.94. The Morgan fingerprint density at radius 1 is 1.03 bits per heavy atom. The van der Waals surface area contributed by atoms with Crippen LogP contribution in [0, 0.1) is 18.6 Å². The van der Waals surface area contributed by atoms with Crippen molar-refractivity contribution < 1.29 is 13.6 Å². The van der Waals surface area contributed by atoms with E-state index in [4.69, 9.17) is 0 Å². The molecule has 0 saturated carbocycles. The van der Waals surface area contributed by atoms with Gasteiger partial charge in [-0.1, -0.05) is 0 Å². The lowest BCUT2D eigenvalue weighted by Gasteiger charge is -2.16. The number of halogens is 2. The summed E-state index contributed by atoms with van der Waals surface area (Å²) in [6.45, 7) is 3.66. The highest BCUT2D eigenvalue weighted by Gasteiger charge is 2.18. The van der Waals surface area contributed by atoms with Crippen molar-refractivity contribution in [2.75, 3.05) is 12.4 Å². The van der Waals surface area contributed by atoms with Crippen molar-refractivity contribution in [2.45, 2.75) is 26.4 Å². The van der Waals surface area contributed by atoms with Crippen LogP contribution in [0.3, 0.4) is 0 Å². The van der Waals surface area contributed by atoms with Crippen LogP contribution in [0.5, 0.6) is 0 Å². The molecule has 10 heteroatoms. The molecule has 39 heavy (non-hydrogen) atoms. The molecule has 198 valence electrons. The van der Waals surface area contributed by atoms with Crippen molar-refractivity contribution >= 4 is 22.5 Å². The minimum absolute atomic E-state index is 0.0196. The fourth-order valence-electron chi connectivity index (χ4n) is 4.38. The number of aromatic nitrogens is 4. The van der Waals surface area contributed by atoms with E-state index in [-0.39, 0.29) is 24.0 Å². The van der Waals surface area contributed by atoms with Crippen molar-refractivity contribution in [3.63, 3.8) is 0 Å². The molecule has 0 bridgehead atoms. The van der Waals surface area contributed by atoms with E-state index in [1.54, 1.807) is 32.4 Å². The van der Waals surface area contributed by atoms with Gasteiger partial charge in [-0.15, -0.1) is 0 Å². The number of hydrogen-bond donors (Lipinski definition) is 2. The monoisotopic (exact) mass is 528 g/mol. The van der Waals surface area contributed by atoms with Crippen molar-refractivity contribution in [3.05, 3.63) is 106 Å². The van der Waals surface area contributed by atoms with Crippen LogP contribution < -0.4 is 16.2 Å². The summed E-state index contributed by atoms with van der Waals surface area (Å²) in [6, 6.07) is 11.6. The number of rotatable bonds is 7. The summed E-state index contributed by atoms with van der Waals surface area (Å²) in [4.78, 5) is 34.9. The molecule has 8 nitrogen and oxygen atoms in total. The van der Waals surface area contributed by atoms with Gasteiger partial charge in [0.15, 0.2) is 0 Å². The van der Waals surface area contributed by atoms with Crippen molar-refractivity contribution in [3.8, 4) is 17.1 Å². The largest absolute Gasteiger partial charge is 0.319 e. The van der Waals surface area contributed by atoms with Gasteiger partial charge in [0.25, 0.3) is 5.56 Å². The third kappa shape index (κ3) is 5.19. The predicted molar refractivity (Wildman–Crippen MR) is 146 cm³/mol. The SMILES string of the molecule is CN[C@@H](C)C(=O)Nc1cnc(-c2ccc(F)cc2)n(Cc2cncc(-n3cc(C)c4cc(F)ccc43)c2)c1=O. The van der Waals surface area contributed by atoms with Crippen molar-refractivity contribution in [2.24, 2.45) is 0 Å². The molecule has 0 aliphatic heterocycles. The molecular weight excluding hydrogens is 502 g/mol. The molecule has 5 rings (SSSR count). The first-order valence-corrected chi connectivity index (χ1v) is 12.3. The molecule has 1 atom stereocenters. The number of likely N-dealkylation sites (N-methyl/N-ethyl adjacent to an activating group) is 1. The van der Waals surface area contributed by atoms with Crippen molar-refractivity contribution in [1.29, 1.82) is 0 Å². The number of carbonyl (C=O) groups is 1. The fraction of sp³-hybridized carbons (Fsp3) is 0.172. The topological polar surface area (TPSA) is 93.8 Å². The van der Waals surface area contributed by atoms with Gasteiger partial charge in [0.1, 0.15) is 23.1 Å². The van der Waals surface area contributed by atoms with Gasteiger partial charge in [-0.05, 0) is 80.6 Å². The highest BCUT2D eigenvalue weighted by Crippen LogP contribution is 2.26. The van der Waals surface area contributed by atoms with Gasteiger partial charge < -0.3 is 15.2 Å². The van der Waals surface area contributed by atoms with Gasteiger partial charge in [-0.25, -0.2) is 13.8 Å². The summed E-state index contributed by atoms with van der Waals surface area (Å²) >= 11 is 0. The zero-order valence-electron chi connectivity index (χ0n) is 21.6. The maximum Gasteiger partial charge on any atom is 0.277 e. The van der Waals surface area contributed by atoms with Crippen LogP contribution in [0.4, 0.5) is 14.5 Å². The van der Waals surface area contributed by atoms with Gasteiger partial charge in [0.2, 0.25) is 5.91 Å². The van der Waals surface area contributed by atoms with E-state index in [2.05, 4.69) is 20.6 Å². The Hall–Kier alpha value is -4.70. The maximum atomic E-state index is 13.8. The second kappa shape index (κ2) is 10.6. The molecule has 3 aromatic heterocycles. The quantitative estimate of drug-likeness (QED) is 0.326. The molecule has 1 amide bonds. The third-order valence-electron chi connectivity index (χ3n) is 6.60. The number of pyridine rings is 1. The number of nitrogens with one attached hydrogen (secondary N) is 2. The first kappa shape index (κ1) is 25.9. The fourth-order valence-corrected chi connectivity index (χ4v) is 4.38. The lowest BCUT2D eigenvalue weighted by molar-refractivity contribution is -0.117. The summed E-state index contributed by atoms with van der Waals surface area (Å²) in [7, 11) is 1.64. The first-order chi connectivity index (χ1) is 18.7. The lowest BCUT2D eigenvalue weighted by atomic mass is 10.2. The second-order valence-electron chi connectivity index (χ2n) is 9.29. The van der Waals surface area contributed by atoms with Crippen LogP contribution >= 0.6 is 0 Å². The molecule has 0 spiro atoms. The molecule has 0 radical (unpaired) electrons. The standard InChI is InChI=1S/C29H26F2N6O2/c1-17-15-36(26-9-8-22(31)11-24(17)26)23-10-19(12-33-13-23)16-37-27(20-4-6-21(30)7-5-20)34-14-25(29(37)39)35-28(38)18(2)32-3/h4-15,18,32H,16H2,1-3H3,(H,35,38)/t18-/m0/s1. The number of hydrogen-bond acceptors (Lipinski definition) is 5.